The lowest BCUT2D eigenvalue weighted by molar-refractivity contribution is 0.109. The zero-order valence-corrected chi connectivity index (χ0v) is 11.7. The molecule has 2 aromatic rings. The number of furan rings is 1. The van der Waals surface area contributed by atoms with Gasteiger partial charge in [-0.2, -0.15) is 0 Å². The summed E-state index contributed by atoms with van der Waals surface area (Å²) < 4.78 is 31.1. The Labute approximate surface area is 114 Å². The van der Waals surface area contributed by atoms with Crippen LogP contribution < -0.4 is 4.72 Å². The van der Waals surface area contributed by atoms with E-state index in [0.29, 0.717) is 6.29 Å². The molecule has 0 amide bonds. The zero-order chi connectivity index (χ0) is 13.9. The average Bonchev–Trinajstić information content (AvgIpc) is 3.06. The number of carbonyl (C=O) groups is 1. The molecule has 1 unspecified atom stereocenters. The molecule has 1 atom stereocenters. The van der Waals surface area contributed by atoms with E-state index in [9.17, 15) is 13.2 Å². The first-order chi connectivity index (χ1) is 9.03. The van der Waals surface area contributed by atoms with Crippen LogP contribution in [0.1, 0.15) is 28.4 Å². The van der Waals surface area contributed by atoms with Gasteiger partial charge in [-0.15, -0.1) is 11.3 Å². The topological polar surface area (TPSA) is 89.3 Å². The number of carbonyl (C=O) groups excluding carboxylic acids is 1. The Morgan fingerprint density at radius 1 is 1.53 bits per heavy atom. The second-order valence-electron chi connectivity index (χ2n) is 3.90. The van der Waals surface area contributed by atoms with Crippen LogP contribution in [0.3, 0.4) is 0 Å². The first-order valence-electron chi connectivity index (χ1n) is 5.47. The minimum Gasteiger partial charge on any atom is -0.440 e. The minimum atomic E-state index is -3.73. The second-order valence-corrected chi connectivity index (χ2v) is 6.52. The largest absolute Gasteiger partial charge is 0.440 e. The van der Waals surface area contributed by atoms with Crippen molar-refractivity contribution in [3.8, 4) is 0 Å². The van der Waals surface area contributed by atoms with Gasteiger partial charge in [-0.05, 0) is 12.1 Å². The van der Waals surface area contributed by atoms with Crippen molar-refractivity contribution in [3.05, 3.63) is 34.5 Å². The summed E-state index contributed by atoms with van der Waals surface area (Å²) in [4.78, 5) is 14.6. The summed E-state index contributed by atoms with van der Waals surface area (Å²) in [5, 5.41) is 2.43. The number of aromatic nitrogens is 1. The number of nitrogens with zero attached hydrogens (tertiary/aromatic N) is 1. The van der Waals surface area contributed by atoms with Gasteiger partial charge in [-0.1, -0.05) is 6.92 Å². The summed E-state index contributed by atoms with van der Waals surface area (Å²) in [6, 6.07) is 2.56. The van der Waals surface area contributed by atoms with Crippen LogP contribution in [0.15, 0.2) is 33.2 Å². The molecule has 0 aliphatic rings. The third-order valence-electron chi connectivity index (χ3n) is 2.44. The number of aldehydes is 1. The lowest BCUT2D eigenvalue weighted by atomic mass is 10.2. The van der Waals surface area contributed by atoms with Gasteiger partial charge in [0, 0.05) is 24.0 Å². The summed E-state index contributed by atoms with van der Waals surface area (Å²) in [6.07, 6.45) is 2.13. The van der Waals surface area contributed by atoms with Crippen LogP contribution in [0, 0.1) is 0 Å². The molecule has 2 heterocycles. The Morgan fingerprint density at radius 2 is 2.32 bits per heavy atom. The summed E-state index contributed by atoms with van der Waals surface area (Å²) in [5.41, 5.74) is 0. The Balaban J connectivity index is 2.03. The molecular weight excluding hydrogens is 288 g/mol. The first-order valence-corrected chi connectivity index (χ1v) is 7.83. The molecule has 2 aromatic heterocycles. The monoisotopic (exact) mass is 300 g/mol. The summed E-state index contributed by atoms with van der Waals surface area (Å²) in [7, 11) is -3.73. The molecular formula is C11H12N2O4S2. The molecule has 0 bridgehead atoms. The summed E-state index contributed by atoms with van der Waals surface area (Å²) in [5.74, 6) is -0.0522. The van der Waals surface area contributed by atoms with Crippen LogP contribution in [0.25, 0.3) is 0 Å². The maximum absolute atomic E-state index is 11.9. The van der Waals surface area contributed by atoms with Gasteiger partial charge in [0.2, 0.25) is 5.09 Å². The minimum absolute atomic E-state index is 0.0200. The van der Waals surface area contributed by atoms with E-state index in [1.54, 1.807) is 6.20 Å². The van der Waals surface area contributed by atoms with Crippen molar-refractivity contribution in [3.63, 3.8) is 0 Å². The molecule has 19 heavy (non-hydrogen) atoms. The average molecular weight is 300 g/mol. The Bertz CT molecular complexity index is 646. The molecule has 0 spiro atoms. The number of hydrogen-bond acceptors (Lipinski definition) is 6. The van der Waals surface area contributed by atoms with Gasteiger partial charge >= 0.3 is 0 Å². The number of hydrogen-bond donors (Lipinski definition) is 1. The lowest BCUT2D eigenvalue weighted by Gasteiger charge is -2.09. The maximum atomic E-state index is 11.9. The number of rotatable bonds is 6. The predicted octanol–water partition coefficient (Wildman–Crippen LogP) is 1.63. The smallest absolute Gasteiger partial charge is 0.274 e. The molecule has 0 fully saturated rings. The van der Waals surface area contributed by atoms with Crippen LogP contribution in [-0.2, 0) is 10.0 Å². The van der Waals surface area contributed by atoms with E-state index < -0.39 is 10.0 Å². The van der Waals surface area contributed by atoms with Crippen molar-refractivity contribution in [2.45, 2.75) is 17.9 Å². The normalized spacial score (nSPS) is 13.3. The molecule has 102 valence electrons. The number of thiazole rings is 1. The second kappa shape index (κ2) is 5.64. The highest BCUT2D eigenvalue weighted by molar-refractivity contribution is 7.89. The molecule has 0 saturated carbocycles. The van der Waals surface area contributed by atoms with Crippen LogP contribution in [-0.4, -0.2) is 26.2 Å². The summed E-state index contributed by atoms with van der Waals surface area (Å²) in [6.45, 7) is 2.09. The quantitative estimate of drug-likeness (QED) is 0.819. The van der Waals surface area contributed by atoms with E-state index in [-0.39, 0.29) is 23.3 Å². The highest BCUT2D eigenvalue weighted by Gasteiger charge is 2.20. The molecule has 1 N–H and O–H groups in total. The van der Waals surface area contributed by atoms with Crippen LogP contribution in [0.4, 0.5) is 0 Å². The molecule has 6 nitrogen and oxygen atoms in total. The van der Waals surface area contributed by atoms with E-state index in [1.165, 1.54) is 23.5 Å². The molecule has 8 heteroatoms. The highest BCUT2D eigenvalue weighted by Crippen LogP contribution is 2.18. The van der Waals surface area contributed by atoms with Crippen molar-refractivity contribution in [1.29, 1.82) is 0 Å². The van der Waals surface area contributed by atoms with E-state index in [0.717, 1.165) is 5.01 Å². The Hall–Kier alpha value is -1.51. The zero-order valence-electron chi connectivity index (χ0n) is 10.1. The number of nitrogens with one attached hydrogen (secondary N) is 1. The third kappa shape index (κ3) is 3.28. The van der Waals surface area contributed by atoms with Gasteiger partial charge < -0.3 is 4.42 Å². The SMILES string of the molecule is CC(CNS(=O)(=O)c1ccc(C=O)o1)c1nccs1. The summed E-state index contributed by atoms with van der Waals surface area (Å²) >= 11 is 1.47. The maximum Gasteiger partial charge on any atom is 0.274 e. The van der Waals surface area contributed by atoms with Gasteiger partial charge in [0.15, 0.2) is 12.0 Å². The van der Waals surface area contributed by atoms with Crippen LogP contribution in [0.2, 0.25) is 0 Å². The van der Waals surface area contributed by atoms with E-state index >= 15 is 0 Å². The van der Waals surface area contributed by atoms with Gasteiger partial charge in [0.25, 0.3) is 10.0 Å². The molecule has 0 aromatic carbocycles. The fourth-order valence-corrected chi connectivity index (χ4v) is 3.18. The number of sulfonamides is 1. The first kappa shape index (κ1) is 13.9. The molecule has 2 rings (SSSR count). The molecule has 0 aliphatic carbocycles. The fraction of sp³-hybridized carbons (Fsp3) is 0.273. The molecule has 0 aliphatic heterocycles. The van der Waals surface area contributed by atoms with Gasteiger partial charge in [-0.25, -0.2) is 18.1 Å². The highest BCUT2D eigenvalue weighted by atomic mass is 32.2. The van der Waals surface area contributed by atoms with E-state index in [2.05, 4.69) is 9.71 Å². The lowest BCUT2D eigenvalue weighted by Crippen LogP contribution is -2.27. The fourth-order valence-electron chi connectivity index (χ4n) is 1.41. The van der Waals surface area contributed by atoms with Crippen molar-refractivity contribution in [1.82, 2.24) is 9.71 Å². The molecule has 0 saturated heterocycles. The third-order valence-corrected chi connectivity index (χ3v) is 4.74. The van der Waals surface area contributed by atoms with E-state index in [4.69, 9.17) is 4.42 Å². The van der Waals surface area contributed by atoms with Gasteiger partial charge in [0.05, 0.1) is 5.01 Å². The van der Waals surface area contributed by atoms with Crippen molar-refractivity contribution < 1.29 is 17.6 Å². The predicted molar refractivity (Wildman–Crippen MR) is 69.8 cm³/mol. The van der Waals surface area contributed by atoms with Gasteiger partial charge in [0.1, 0.15) is 0 Å². The van der Waals surface area contributed by atoms with Crippen molar-refractivity contribution in [2.75, 3.05) is 6.54 Å². The molecule has 0 radical (unpaired) electrons. The Kier molecular flexibility index (Phi) is 4.13. The van der Waals surface area contributed by atoms with Crippen LogP contribution in [0.5, 0.6) is 0 Å². The van der Waals surface area contributed by atoms with Crippen LogP contribution >= 0.6 is 11.3 Å². The standard InChI is InChI=1S/C11H12N2O4S2/c1-8(11-12-4-5-18-11)6-13-19(15,16)10-3-2-9(7-14)17-10/h2-5,7-8,13H,6H2,1H3. The van der Waals surface area contributed by atoms with Crippen molar-refractivity contribution in [2.24, 2.45) is 0 Å². The van der Waals surface area contributed by atoms with E-state index in [1.807, 2.05) is 12.3 Å². The van der Waals surface area contributed by atoms with Gasteiger partial charge in [-0.3, -0.25) is 4.79 Å². The Morgan fingerprint density at radius 3 is 2.89 bits per heavy atom. The van der Waals surface area contributed by atoms with Crippen molar-refractivity contribution >= 4 is 27.6 Å².